The zero-order chi connectivity index (χ0) is 13.8. The summed E-state index contributed by atoms with van der Waals surface area (Å²) in [5.41, 5.74) is 4.04. The summed E-state index contributed by atoms with van der Waals surface area (Å²) in [7, 11) is 0. The second kappa shape index (κ2) is 6.40. The van der Waals surface area contributed by atoms with Crippen LogP contribution in [0.1, 0.15) is 29.2 Å². The molecule has 0 aromatic heterocycles. The van der Waals surface area contributed by atoms with Gasteiger partial charge in [0.25, 0.3) is 0 Å². The van der Waals surface area contributed by atoms with E-state index < -0.39 is 0 Å². The lowest BCUT2D eigenvalue weighted by molar-refractivity contribution is 0.496. The van der Waals surface area contributed by atoms with E-state index in [0.29, 0.717) is 6.04 Å². The van der Waals surface area contributed by atoms with Crippen LogP contribution in [0.4, 0.5) is 0 Å². The van der Waals surface area contributed by atoms with Gasteiger partial charge < -0.3 is 10.6 Å². The van der Waals surface area contributed by atoms with Crippen LogP contribution in [-0.2, 0) is 13.1 Å². The van der Waals surface area contributed by atoms with Gasteiger partial charge in [-0.3, -0.25) is 0 Å². The van der Waals surface area contributed by atoms with Crippen LogP contribution in [0.3, 0.4) is 0 Å². The van der Waals surface area contributed by atoms with E-state index in [1.807, 2.05) is 18.2 Å². The van der Waals surface area contributed by atoms with Gasteiger partial charge >= 0.3 is 0 Å². The van der Waals surface area contributed by atoms with Crippen LogP contribution in [0.25, 0.3) is 0 Å². The van der Waals surface area contributed by atoms with Crippen LogP contribution >= 0.6 is 11.6 Å². The van der Waals surface area contributed by atoms with Crippen molar-refractivity contribution in [2.75, 3.05) is 6.54 Å². The summed E-state index contributed by atoms with van der Waals surface area (Å²) in [5, 5.41) is 7.94. The Morgan fingerprint density at radius 3 is 2.95 bits per heavy atom. The first-order valence-corrected chi connectivity index (χ1v) is 7.47. The monoisotopic (exact) mass is 286 g/mol. The fourth-order valence-corrected chi connectivity index (χ4v) is 2.97. The Hall–Kier alpha value is -1.35. The molecule has 0 amide bonds. The molecule has 2 nitrogen and oxygen atoms in total. The van der Waals surface area contributed by atoms with Crippen molar-refractivity contribution in [1.29, 1.82) is 0 Å². The van der Waals surface area contributed by atoms with Crippen molar-refractivity contribution in [3.8, 4) is 0 Å². The third-order valence-corrected chi connectivity index (χ3v) is 4.03. The molecule has 2 N–H and O–H groups in total. The number of hydrogen-bond acceptors (Lipinski definition) is 2. The van der Waals surface area contributed by atoms with Crippen molar-refractivity contribution < 1.29 is 0 Å². The lowest BCUT2D eigenvalue weighted by Crippen LogP contribution is -2.22. The Bertz CT molecular complexity index is 583. The van der Waals surface area contributed by atoms with Crippen LogP contribution in [-0.4, -0.2) is 6.54 Å². The van der Waals surface area contributed by atoms with E-state index in [9.17, 15) is 0 Å². The minimum atomic E-state index is 0.403. The molecule has 0 fully saturated rings. The van der Waals surface area contributed by atoms with E-state index in [-0.39, 0.29) is 0 Å². The highest BCUT2D eigenvalue weighted by molar-refractivity contribution is 6.30. The van der Waals surface area contributed by atoms with E-state index in [1.165, 1.54) is 16.7 Å². The zero-order valence-electron chi connectivity index (χ0n) is 11.4. The first-order valence-electron chi connectivity index (χ1n) is 7.09. The molecule has 1 heterocycles. The number of rotatable bonds is 3. The van der Waals surface area contributed by atoms with Gasteiger partial charge in [0.15, 0.2) is 0 Å². The molecule has 3 rings (SSSR count). The number of hydrogen-bond donors (Lipinski definition) is 2. The molecule has 0 bridgehead atoms. The molecule has 0 radical (unpaired) electrons. The van der Waals surface area contributed by atoms with Gasteiger partial charge in [-0.15, -0.1) is 0 Å². The van der Waals surface area contributed by atoms with E-state index >= 15 is 0 Å². The van der Waals surface area contributed by atoms with Gasteiger partial charge in [-0.25, -0.2) is 0 Å². The van der Waals surface area contributed by atoms with E-state index in [2.05, 4.69) is 41.0 Å². The van der Waals surface area contributed by atoms with Crippen molar-refractivity contribution in [3.05, 3.63) is 70.2 Å². The minimum Gasteiger partial charge on any atom is -0.313 e. The van der Waals surface area contributed by atoms with Gasteiger partial charge in [-0.2, -0.15) is 0 Å². The molecule has 2 aromatic rings. The third kappa shape index (κ3) is 3.21. The maximum atomic E-state index is 6.04. The number of benzene rings is 2. The number of halogens is 1. The maximum Gasteiger partial charge on any atom is 0.0409 e. The first-order chi connectivity index (χ1) is 9.83. The summed E-state index contributed by atoms with van der Waals surface area (Å²) >= 11 is 6.04. The summed E-state index contributed by atoms with van der Waals surface area (Å²) in [6, 6.07) is 17.1. The average molecular weight is 287 g/mol. The lowest BCUT2D eigenvalue weighted by Gasteiger charge is -2.19. The predicted octanol–water partition coefficient (Wildman–Crippen LogP) is 3.66. The Labute approximate surface area is 125 Å². The Balaban J connectivity index is 1.74. The van der Waals surface area contributed by atoms with Gasteiger partial charge in [0.1, 0.15) is 0 Å². The standard InChI is InChI=1S/C17H19ClN2/c18-15-6-3-4-13(10-15)11-20-17-8-9-19-12-14-5-1-2-7-16(14)17/h1-7,10,17,19-20H,8-9,11-12H2. The van der Waals surface area contributed by atoms with Crippen molar-refractivity contribution in [1.82, 2.24) is 10.6 Å². The highest BCUT2D eigenvalue weighted by atomic mass is 35.5. The lowest BCUT2D eigenvalue weighted by atomic mass is 9.99. The molecule has 0 aliphatic carbocycles. The summed E-state index contributed by atoms with van der Waals surface area (Å²) in [6.07, 6.45) is 1.11. The van der Waals surface area contributed by atoms with Gasteiger partial charge in [0, 0.05) is 24.2 Å². The van der Waals surface area contributed by atoms with Crippen molar-refractivity contribution in [3.63, 3.8) is 0 Å². The Morgan fingerprint density at radius 2 is 2.05 bits per heavy atom. The van der Waals surface area contributed by atoms with Crippen molar-refractivity contribution in [2.24, 2.45) is 0 Å². The van der Waals surface area contributed by atoms with Gasteiger partial charge in [-0.05, 0) is 41.8 Å². The highest BCUT2D eigenvalue weighted by Crippen LogP contribution is 2.24. The summed E-state index contributed by atoms with van der Waals surface area (Å²) < 4.78 is 0. The molecule has 1 aliphatic heterocycles. The van der Waals surface area contributed by atoms with Gasteiger partial charge in [0.2, 0.25) is 0 Å². The van der Waals surface area contributed by atoms with Crippen LogP contribution in [0.15, 0.2) is 48.5 Å². The number of nitrogens with one attached hydrogen (secondary N) is 2. The smallest absolute Gasteiger partial charge is 0.0409 e. The van der Waals surface area contributed by atoms with Crippen molar-refractivity contribution in [2.45, 2.75) is 25.6 Å². The summed E-state index contributed by atoms with van der Waals surface area (Å²) in [4.78, 5) is 0. The predicted molar refractivity (Wildman–Crippen MR) is 83.8 cm³/mol. The Kier molecular flexibility index (Phi) is 4.36. The van der Waals surface area contributed by atoms with Gasteiger partial charge in [-0.1, -0.05) is 48.0 Å². The average Bonchev–Trinajstić information content (AvgIpc) is 2.67. The molecule has 20 heavy (non-hydrogen) atoms. The molecular weight excluding hydrogens is 268 g/mol. The molecule has 1 atom stereocenters. The topological polar surface area (TPSA) is 24.1 Å². The molecule has 1 aliphatic rings. The molecule has 0 spiro atoms. The minimum absolute atomic E-state index is 0.403. The third-order valence-electron chi connectivity index (χ3n) is 3.80. The van der Waals surface area contributed by atoms with E-state index in [4.69, 9.17) is 11.6 Å². The molecule has 3 heteroatoms. The second-order valence-corrected chi connectivity index (χ2v) is 5.66. The zero-order valence-corrected chi connectivity index (χ0v) is 12.2. The summed E-state index contributed by atoms with van der Waals surface area (Å²) in [5.74, 6) is 0. The fourth-order valence-electron chi connectivity index (χ4n) is 2.76. The largest absolute Gasteiger partial charge is 0.313 e. The quantitative estimate of drug-likeness (QED) is 0.900. The molecule has 2 aromatic carbocycles. The van der Waals surface area contributed by atoms with E-state index in [1.54, 1.807) is 0 Å². The van der Waals surface area contributed by atoms with Crippen LogP contribution in [0.5, 0.6) is 0 Å². The normalized spacial score (nSPS) is 18.4. The summed E-state index contributed by atoms with van der Waals surface area (Å²) in [6.45, 7) is 2.85. The second-order valence-electron chi connectivity index (χ2n) is 5.23. The van der Waals surface area contributed by atoms with Gasteiger partial charge in [0.05, 0.1) is 0 Å². The molecular formula is C17H19ClN2. The fraction of sp³-hybridized carbons (Fsp3) is 0.294. The SMILES string of the molecule is Clc1cccc(CNC2CCNCc3ccccc32)c1. The van der Waals surface area contributed by atoms with Crippen molar-refractivity contribution >= 4 is 11.6 Å². The van der Waals surface area contributed by atoms with E-state index in [0.717, 1.165) is 31.1 Å². The molecule has 0 saturated carbocycles. The molecule has 104 valence electrons. The number of fused-ring (bicyclic) bond motifs is 1. The first kappa shape index (κ1) is 13.6. The van der Waals surface area contributed by atoms with Crippen LogP contribution < -0.4 is 10.6 Å². The molecule has 0 saturated heterocycles. The van der Waals surface area contributed by atoms with Crippen LogP contribution in [0.2, 0.25) is 5.02 Å². The molecule has 1 unspecified atom stereocenters. The highest BCUT2D eigenvalue weighted by Gasteiger charge is 2.17. The van der Waals surface area contributed by atoms with Crippen LogP contribution in [0, 0.1) is 0 Å². The Morgan fingerprint density at radius 1 is 1.15 bits per heavy atom. The maximum absolute atomic E-state index is 6.04.